The molecule has 2 rings (SSSR count). The van der Waals surface area contributed by atoms with Gasteiger partial charge >= 0.3 is 0 Å². The molecule has 0 radical (unpaired) electrons. The summed E-state index contributed by atoms with van der Waals surface area (Å²) < 4.78 is 2.30. The Morgan fingerprint density at radius 2 is 1.56 bits per heavy atom. The lowest BCUT2D eigenvalue weighted by molar-refractivity contribution is 1.51. The van der Waals surface area contributed by atoms with Gasteiger partial charge in [0.05, 0.1) is 5.69 Å². The lowest BCUT2D eigenvalue weighted by Crippen LogP contribution is -1.80. The molecule has 0 aliphatic heterocycles. The van der Waals surface area contributed by atoms with Gasteiger partial charge in [0.25, 0.3) is 0 Å². The third-order valence-electron chi connectivity index (χ3n) is 2.06. The van der Waals surface area contributed by atoms with Crippen molar-refractivity contribution in [2.75, 3.05) is 0 Å². The molecule has 0 unspecified atom stereocenters. The Morgan fingerprint density at radius 1 is 0.938 bits per heavy atom. The van der Waals surface area contributed by atoms with Crippen LogP contribution in [0.25, 0.3) is 0 Å². The van der Waals surface area contributed by atoms with Crippen molar-refractivity contribution in [3.63, 3.8) is 0 Å². The normalized spacial score (nSPS) is 10.9. The van der Waals surface area contributed by atoms with Crippen molar-refractivity contribution >= 4 is 50.4 Å². The smallest absolute Gasteiger partial charge is 0.0630 e. The highest BCUT2D eigenvalue weighted by atomic mass is 127. The molecule has 0 saturated carbocycles. The van der Waals surface area contributed by atoms with Crippen molar-refractivity contribution in [2.45, 2.75) is 0 Å². The summed E-state index contributed by atoms with van der Waals surface area (Å²) >= 11 is 5.69. The zero-order valence-corrected chi connectivity index (χ0v) is 12.1. The van der Waals surface area contributed by atoms with Crippen LogP contribution in [-0.4, -0.2) is 6.21 Å². The minimum Gasteiger partial charge on any atom is -0.256 e. The highest BCUT2D eigenvalue weighted by Crippen LogP contribution is 2.16. The molecule has 0 aliphatic rings. The minimum absolute atomic E-state index is 0.960. The Bertz CT molecular complexity index is 441. The van der Waals surface area contributed by atoms with Crippen LogP contribution in [0.3, 0.4) is 0 Å². The molecule has 0 bridgehead atoms. The van der Waals surface area contributed by atoms with E-state index in [1.165, 1.54) is 3.57 Å². The van der Waals surface area contributed by atoms with Crippen LogP contribution < -0.4 is 0 Å². The molecule has 0 spiro atoms. The molecule has 2 aromatic rings. The van der Waals surface area contributed by atoms with E-state index in [0.29, 0.717) is 0 Å². The van der Waals surface area contributed by atoms with Gasteiger partial charge in [-0.1, -0.05) is 28.1 Å². The number of rotatable bonds is 2. The molecule has 3 heteroatoms. The molecule has 0 amide bonds. The maximum atomic E-state index is 4.40. The van der Waals surface area contributed by atoms with Gasteiger partial charge in [-0.3, -0.25) is 4.99 Å². The average Bonchev–Trinajstić information content (AvgIpc) is 2.30. The summed E-state index contributed by atoms with van der Waals surface area (Å²) in [5, 5.41) is 0. The van der Waals surface area contributed by atoms with Gasteiger partial charge in [0.1, 0.15) is 0 Å². The number of hydrogen-bond donors (Lipinski definition) is 0. The molecule has 1 nitrogen and oxygen atoms in total. The summed E-state index contributed by atoms with van der Waals surface area (Å²) in [6.07, 6.45) is 1.87. The molecular formula is C13H9BrIN. The fourth-order valence-corrected chi connectivity index (χ4v) is 1.85. The van der Waals surface area contributed by atoms with Gasteiger partial charge in [-0.25, -0.2) is 0 Å². The lowest BCUT2D eigenvalue weighted by atomic mass is 10.2. The summed E-state index contributed by atoms with van der Waals surface area (Å²) in [4.78, 5) is 4.40. The minimum atomic E-state index is 0.960. The maximum Gasteiger partial charge on any atom is 0.0630 e. The van der Waals surface area contributed by atoms with Crippen LogP contribution in [0.2, 0.25) is 0 Å². The van der Waals surface area contributed by atoms with Crippen molar-refractivity contribution in [1.82, 2.24) is 0 Å². The highest BCUT2D eigenvalue weighted by Gasteiger charge is 1.90. The Labute approximate surface area is 117 Å². The predicted molar refractivity (Wildman–Crippen MR) is 80.6 cm³/mol. The molecule has 0 N–H and O–H groups in total. The summed E-state index contributed by atoms with van der Waals surface area (Å²) in [6, 6.07) is 16.2. The van der Waals surface area contributed by atoms with Gasteiger partial charge in [0.2, 0.25) is 0 Å². The van der Waals surface area contributed by atoms with Crippen LogP contribution in [-0.2, 0) is 0 Å². The van der Waals surface area contributed by atoms with E-state index in [4.69, 9.17) is 0 Å². The summed E-state index contributed by atoms with van der Waals surface area (Å²) in [7, 11) is 0. The predicted octanol–water partition coefficient (Wildman–Crippen LogP) is 4.80. The maximum absolute atomic E-state index is 4.40. The monoisotopic (exact) mass is 385 g/mol. The molecule has 16 heavy (non-hydrogen) atoms. The molecule has 0 heterocycles. The van der Waals surface area contributed by atoms with Gasteiger partial charge < -0.3 is 0 Å². The number of benzene rings is 2. The van der Waals surface area contributed by atoms with E-state index < -0.39 is 0 Å². The summed E-state index contributed by atoms with van der Waals surface area (Å²) in [6.45, 7) is 0. The summed E-state index contributed by atoms with van der Waals surface area (Å²) in [5.74, 6) is 0. The van der Waals surface area contributed by atoms with E-state index in [1.54, 1.807) is 0 Å². The Hall–Kier alpha value is -0.680. The van der Waals surface area contributed by atoms with Crippen LogP contribution in [0.1, 0.15) is 5.56 Å². The Morgan fingerprint density at radius 3 is 2.19 bits per heavy atom. The molecular weight excluding hydrogens is 377 g/mol. The van der Waals surface area contributed by atoms with Gasteiger partial charge in [0, 0.05) is 14.3 Å². The third kappa shape index (κ3) is 3.42. The van der Waals surface area contributed by atoms with Crippen LogP contribution in [0.5, 0.6) is 0 Å². The largest absolute Gasteiger partial charge is 0.256 e. The number of hydrogen-bond acceptors (Lipinski definition) is 1. The standard InChI is InChI=1S/C13H9BrIN/c14-11-3-7-13(8-4-11)16-9-10-1-5-12(15)6-2-10/h1-9H. The average molecular weight is 386 g/mol. The first-order valence-corrected chi connectivity index (χ1v) is 6.66. The molecule has 2 aromatic carbocycles. The van der Waals surface area contributed by atoms with E-state index in [9.17, 15) is 0 Å². The Kier molecular flexibility index (Phi) is 4.12. The van der Waals surface area contributed by atoms with Gasteiger partial charge in [0.15, 0.2) is 0 Å². The van der Waals surface area contributed by atoms with E-state index in [1.807, 2.05) is 30.5 Å². The fraction of sp³-hybridized carbons (Fsp3) is 0. The fourth-order valence-electron chi connectivity index (χ4n) is 1.23. The van der Waals surface area contributed by atoms with Crippen LogP contribution in [0.4, 0.5) is 5.69 Å². The van der Waals surface area contributed by atoms with E-state index in [2.05, 4.69) is 67.8 Å². The Balaban J connectivity index is 2.15. The molecule has 0 saturated heterocycles. The number of nitrogens with zero attached hydrogens (tertiary/aromatic N) is 1. The first kappa shape index (κ1) is 11.8. The molecule has 0 fully saturated rings. The second kappa shape index (κ2) is 5.59. The quantitative estimate of drug-likeness (QED) is 0.520. The molecule has 80 valence electrons. The van der Waals surface area contributed by atoms with Crippen molar-refractivity contribution in [2.24, 2.45) is 4.99 Å². The first-order valence-electron chi connectivity index (χ1n) is 4.79. The molecule has 0 aliphatic carbocycles. The second-order valence-corrected chi connectivity index (χ2v) is 5.45. The molecule has 0 aromatic heterocycles. The van der Waals surface area contributed by atoms with Crippen LogP contribution in [0.15, 0.2) is 58.0 Å². The van der Waals surface area contributed by atoms with Gasteiger partial charge in [-0.05, 0) is 64.6 Å². The van der Waals surface area contributed by atoms with E-state index in [-0.39, 0.29) is 0 Å². The zero-order valence-electron chi connectivity index (χ0n) is 8.40. The van der Waals surface area contributed by atoms with Crippen molar-refractivity contribution in [3.8, 4) is 0 Å². The SMILES string of the molecule is Brc1ccc(N=Cc2ccc(I)cc2)cc1. The zero-order chi connectivity index (χ0) is 11.4. The van der Waals surface area contributed by atoms with E-state index in [0.717, 1.165) is 15.7 Å². The molecule has 0 atom stereocenters. The number of halogens is 2. The summed E-state index contributed by atoms with van der Waals surface area (Å²) in [5.41, 5.74) is 2.07. The lowest BCUT2D eigenvalue weighted by Gasteiger charge is -1.95. The van der Waals surface area contributed by atoms with Gasteiger partial charge in [-0.15, -0.1) is 0 Å². The topological polar surface area (TPSA) is 12.4 Å². The van der Waals surface area contributed by atoms with Crippen molar-refractivity contribution in [3.05, 3.63) is 62.1 Å². The number of aliphatic imine (C=N–C) groups is 1. The first-order chi connectivity index (χ1) is 7.74. The second-order valence-electron chi connectivity index (χ2n) is 3.29. The van der Waals surface area contributed by atoms with Crippen LogP contribution in [0, 0.1) is 3.57 Å². The van der Waals surface area contributed by atoms with Crippen molar-refractivity contribution < 1.29 is 0 Å². The van der Waals surface area contributed by atoms with Gasteiger partial charge in [-0.2, -0.15) is 0 Å². The van der Waals surface area contributed by atoms with Crippen molar-refractivity contribution in [1.29, 1.82) is 0 Å². The highest BCUT2D eigenvalue weighted by molar-refractivity contribution is 14.1. The van der Waals surface area contributed by atoms with E-state index >= 15 is 0 Å². The van der Waals surface area contributed by atoms with Crippen LogP contribution >= 0.6 is 38.5 Å². The third-order valence-corrected chi connectivity index (χ3v) is 3.31.